The van der Waals surface area contributed by atoms with Gasteiger partial charge in [0.1, 0.15) is 11.0 Å². The number of pyridine rings is 1. The molecule has 5 nitrogen and oxygen atoms in total. The molecule has 0 saturated carbocycles. The van der Waals surface area contributed by atoms with E-state index in [1.165, 1.54) is 12.1 Å². The second kappa shape index (κ2) is 6.44. The van der Waals surface area contributed by atoms with Crippen LogP contribution in [-0.4, -0.2) is 10.9 Å². The highest BCUT2D eigenvalue weighted by Gasteiger charge is 2.11. The summed E-state index contributed by atoms with van der Waals surface area (Å²) in [5.41, 5.74) is 19.7. The van der Waals surface area contributed by atoms with Gasteiger partial charge in [-0.05, 0) is 43.3 Å². The van der Waals surface area contributed by atoms with Gasteiger partial charge < -0.3 is 17.2 Å². The molecule has 1 heterocycles. The molecule has 6 N–H and O–H groups in total. The van der Waals surface area contributed by atoms with Gasteiger partial charge in [0.25, 0.3) is 0 Å². The lowest BCUT2D eigenvalue weighted by molar-refractivity contribution is 0.627. The molecule has 2 rings (SSSR count). The molecule has 0 aliphatic rings. The Kier molecular flexibility index (Phi) is 4.62. The van der Waals surface area contributed by atoms with Crippen LogP contribution in [0.5, 0.6) is 0 Å². The largest absolute Gasteiger partial charge is 0.396 e. The molecule has 0 aliphatic heterocycles. The lowest BCUT2D eigenvalue weighted by Crippen LogP contribution is -2.23. The van der Waals surface area contributed by atoms with E-state index in [1.807, 2.05) is 0 Å². The van der Waals surface area contributed by atoms with E-state index in [2.05, 4.69) is 9.98 Å². The van der Waals surface area contributed by atoms with E-state index in [4.69, 9.17) is 28.8 Å². The van der Waals surface area contributed by atoms with Crippen molar-refractivity contribution in [3.8, 4) is 0 Å². The number of benzene rings is 1. The van der Waals surface area contributed by atoms with Gasteiger partial charge in [0.2, 0.25) is 0 Å². The monoisotopic (exact) mass is 319 g/mol. The fourth-order valence-corrected chi connectivity index (χ4v) is 2.19. The van der Waals surface area contributed by atoms with Crippen LogP contribution in [-0.2, 0) is 0 Å². The third-order valence-electron chi connectivity index (χ3n) is 2.85. The van der Waals surface area contributed by atoms with Crippen LogP contribution in [0, 0.1) is 12.7 Å². The van der Waals surface area contributed by atoms with Crippen molar-refractivity contribution in [3.63, 3.8) is 0 Å². The van der Waals surface area contributed by atoms with Crippen LogP contribution < -0.4 is 17.2 Å². The van der Waals surface area contributed by atoms with Crippen LogP contribution >= 0.6 is 11.6 Å². The Bertz CT molecular complexity index is 729. The summed E-state index contributed by atoms with van der Waals surface area (Å²) in [7, 11) is 0. The summed E-state index contributed by atoms with van der Waals surface area (Å²) in [6.45, 7) is 1.79. The van der Waals surface area contributed by atoms with Crippen molar-refractivity contribution in [2.45, 2.75) is 6.92 Å². The summed E-state index contributed by atoms with van der Waals surface area (Å²) < 4.78 is 13.1. The van der Waals surface area contributed by atoms with E-state index in [0.29, 0.717) is 33.4 Å². The Balaban J connectivity index is 2.65. The van der Waals surface area contributed by atoms with Crippen molar-refractivity contribution in [2.75, 3.05) is 0 Å². The van der Waals surface area contributed by atoms with Crippen molar-refractivity contribution >= 4 is 29.0 Å². The molecule has 0 spiro atoms. The Morgan fingerprint density at radius 3 is 2.27 bits per heavy atom. The van der Waals surface area contributed by atoms with Crippen LogP contribution in [0.15, 0.2) is 41.4 Å². The molecule has 7 heteroatoms. The molecular weight excluding hydrogens is 305 g/mol. The maximum absolute atomic E-state index is 13.1. The summed E-state index contributed by atoms with van der Waals surface area (Å²) in [6, 6.07) is 9.05. The van der Waals surface area contributed by atoms with Crippen molar-refractivity contribution in [1.29, 1.82) is 0 Å². The molecule has 0 fully saturated rings. The quantitative estimate of drug-likeness (QED) is 0.458. The predicted octanol–water partition coefficient (Wildman–Crippen LogP) is 2.24. The highest BCUT2D eigenvalue weighted by molar-refractivity contribution is 6.29. The molecule has 0 saturated heterocycles. The maximum atomic E-state index is 13.1. The van der Waals surface area contributed by atoms with Crippen LogP contribution in [0.1, 0.15) is 16.8 Å². The van der Waals surface area contributed by atoms with E-state index in [0.717, 1.165) is 0 Å². The van der Waals surface area contributed by atoms with Gasteiger partial charge in [0.15, 0.2) is 5.96 Å². The Labute approximate surface area is 132 Å². The number of rotatable bonds is 3. The molecule has 1 aromatic heterocycles. The SMILES string of the molecule is Cc1cc(/C(N)=C(/N=C(N)N)c2ccc(F)cc2)cc(Cl)n1. The van der Waals surface area contributed by atoms with Crippen LogP contribution in [0.2, 0.25) is 5.15 Å². The van der Waals surface area contributed by atoms with Gasteiger partial charge in [-0.1, -0.05) is 11.6 Å². The van der Waals surface area contributed by atoms with Gasteiger partial charge in [-0.15, -0.1) is 0 Å². The highest BCUT2D eigenvalue weighted by atomic mass is 35.5. The minimum atomic E-state index is -0.367. The molecule has 0 radical (unpaired) electrons. The lowest BCUT2D eigenvalue weighted by Gasteiger charge is -2.10. The highest BCUT2D eigenvalue weighted by Crippen LogP contribution is 2.25. The van der Waals surface area contributed by atoms with Gasteiger partial charge in [0, 0.05) is 16.8 Å². The lowest BCUT2D eigenvalue weighted by atomic mass is 10.1. The van der Waals surface area contributed by atoms with Crippen LogP contribution in [0.4, 0.5) is 4.39 Å². The third-order valence-corrected chi connectivity index (χ3v) is 3.04. The van der Waals surface area contributed by atoms with Crippen molar-refractivity contribution < 1.29 is 4.39 Å². The Hall–Kier alpha value is -2.60. The molecule has 2 aromatic rings. The number of hydrogen-bond donors (Lipinski definition) is 3. The molecule has 0 aliphatic carbocycles. The molecule has 22 heavy (non-hydrogen) atoms. The molecule has 0 atom stereocenters. The van der Waals surface area contributed by atoms with Crippen molar-refractivity contribution in [2.24, 2.45) is 22.2 Å². The minimum absolute atomic E-state index is 0.154. The second-order valence-electron chi connectivity index (χ2n) is 4.63. The number of aliphatic imine (C=N–C) groups is 1. The number of halogens is 2. The first kappa shape index (κ1) is 15.8. The molecule has 0 unspecified atom stereocenters. The molecule has 0 amide bonds. The first-order valence-electron chi connectivity index (χ1n) is 6.36. The van der Waals surface area contributed by atoms with E-state index in [1.54, 1.807) is 31.2 Å². The molecule has 114 valence electrons. The number of nitrogens with zero attached hydrogens (tertiary/aromatic N) is 2. The number of hydrogen-bond acceptors (Lipinski definition) is 3. The summed E-state index contributed by atoms with van der Waals surface area (Å²) in [5.74, 6) is -0.520. The molecule has 1 aromatic carbocycles. The van der Waals surface area contributed by atoms with Crippen molar-refractivity contribution in [3.05, 3.63) is 64.2 Å². The minimum Gasteiger partial charge on any atom is -0.396 e. The smallest absolute Gasteiger partial charge is 0.191 e. The fraction of sp³-hybridized carbons (Fsp3) is 0.0667. The molecule has 0 bridgehead atoms. The zero-order valence-electron chi connectivity index (χ0n) is 11.8. The van der Waals surface area contributed by atoms with Crippen LogP contribution in [0.3, 0.4) is 0 Å². The summed E-state index contributed by atoms with van der Waals surface area (Å²) in [4.78, 5) is 8.13. The second-order valence-corrected chi connectivity index (χ2v) is 5.01. The van der Waals surface area contributed by atoms with Gasteiger partial charge in [0.05, 0.1) is 11.4 Å². The number of guanidine groups is 1. The summed E-state index contributed by atoms with van der Waals surface area (Å²) in [6.07, 6.45) is 0. The van der Waals surface area contributed by atoms with E-state index in [9.17, 15) is 4.39 Å². The number of aryl methyl sites for hydroxylation is 1. The first-order chi connectivity index (χ1) is 10.4. The van der Waals surface area contributed by atoms with Gasteiger partial charge in [-0.25, -0.2) is 14.4 Å². The standard InChI is InChI=1S/C15H15ClFN5/c1-8-6-10(7-12(16)21-8)13(18)14(22-15(19)20)9-2-4-11(17)5-3-9/h2-7H,18H2,1H3,(H4,19,20,22)/b14-13-. The Morgan fingerprint density at radius 1 is 1.09 bits per heavy atom. The van der Waals surface area contributed by atoms with E-state index < -0.39 is 0 Å². The zero-order valence-corrected chi connectivity index (χ0v) is 12.6. The zero-order chi connectivity index (χ0) is 16.3. The molecular formula is C15H15ClFN5. The average molecular weight is 320 g/mol. The normalized spacial score (nSPS) is 11.8. The Morgan fingerprint density at radius 2 is 1.73 bits per heavy atom. The third kappa shape index (κ3) is 3.73. The van der Waals surface area contributed by atoms with Gasteiger partial charge in [-0.2, -0.15) is 0 Å². The van der Waals surface area contributed by atoms with E-state index >= 15 is 0 Å². The topological polar surface area (TPSA) is 103 Å². The van der Waals surface area contributed by atoms with Crippen LogP contribution in [0.25, 0.3) is 11.4 Å². The van der Waals surface area contributed by atoms with E-state index in [-0.39, 0.29) is 11.8 Å². The summed E-state index contributed by atoms with van der Waals surface area (Å²) >= 11 is 5.95. The fourth-order valence-electron chi connectivity index (χ4n) is 1.94. The number of nitrogens with two attached hydrogens (primary N) is 3. The van der Waals surface area contributed by atoms with Gasteiger partial charge >= 0.3 is 0 Å². The number of aromatic nitrogens is 1. The average Bonchev–Trinajstić information content (AvgIpc) is 2.44. The first-order valence-corrected chi connectivity index (χ1v) is 6.74. The van der Waals surface area contributed by atoms with Gasteiger partial charge in [-0.3, -0.25) is 0 Å². The predicted molar refractivity (Wildman–Crippen MR) is 87.2 cm³/mol. The summed E-state index contributed by atoms with van der Waals surface area (Å²) in [5, 5.41) is 0.307. The van der Waals surface area contributed by atoms with Crippen molar-refractivity contribution in [1.82, 2.24) is 4.98 Å². The maximum Gasteiger partial charge on any atom is 0.191 e.